The molecule has 1 heterocycles. The summed E-state index contributed by atoms with van der Waals surface area (Å²) in [6.45, 7) is 0.520. The molecule has 1 atom stereocenters. The third-order valence-corrected chi connectivity index (χ3v) is 6.72. The molecule has 29 heavy (non-hydrogen) atoms. The first-order chi connectivity index (χ1) is 13.6. The van der Waals surface area contributed by atoms with Crippen molar-refractivity contribution in [2.45, 2.75) is 17.1 Å². The summed E-state index contributed by atoms with van der Waals surface area (Å²) in [5.74, 6) is -0.551. The van der Waals surface area contributed by atoms with Gasteiger partial charge in [-0.3, -0.25) is 9.69 Å². The molecule has 6 nitrogen and oxygen atoms in total. The summed E-state index contributed by atoms with van der Waals surface area (Å²) in [5, 5.41) is 0. The molecule has 0 saturated carbocycles. The molecule has 1 aliphatic rings. The SMILES string of the molecule is NC(=O)C(c1ccccc1)N1CCN(S(=O)(=O)c2cccc(C(F)(F)F)c2)CC1. The Kier molecular flexibility index (Phi) is 5.97. The van der Waals surface area contributed by atoms with Crippen LogP contribution in [0.25, 0.3) is 0 Å². The highest BCUT2D eigenvalue weighted by Crippen LogP contribution is 2.31. The fraction of sp³-hybridized carbons (Fsp3) is 0.316. The largest absolute Gasteiger partial charge is 0.416 e. The van der Waals surface area contributed by atoms with E-state index in [0.717, 1.165) is 22.5 Å². The Morgan fingerprint density at radius 2 is 1.59 bits per heavy atom. The molecule has 10 heteroatoms. The summed E-state index contributed by atoms with van der Waals surface area (Å²) in [5.41, 5.74) is 5.23. The van der Waals surface area contributed by atoms with Gasteiger partial charge in [-0.25, -0.2) is 8.42 Å². The van der Waals surface area contributed by atoms with Gasteiger partial charge in [0.1, 0.15) is 6.04 Å². The van der Waals surface area contributed by atoms with E-state index in [-0.39, 0.29) is 26.2 Å². The lowest BCUT2D eigenvalue weighted by Gasteiger charge is -2.37. The molecule has 1 aliphatic heterocycles. The summed E-state index contributed by atoms with van der Waals surface area (Å²) < 4.78 is 65.5. The highest BCUT2D eigenvalue weighted by Gasteiger charge is 2.35. The van der Waals surface area contributed by atoms with Gasteiger partial charge in [-0.2, -0.15) is 17.5 Å². The number of carbonyl (C=O) groups excluding carboxylic acids is 1. The van der Waals surface area contributed by atoms with Gasteiger partial charge in [0.15, 0.2) is 0 Å². The maximum atomic E-state index is 12.9. The topological polar surface area (TPSA) is 83.7 Å². The molecular formula is C19H20F3N3O3S. The normalized spacial score (nSPS) is 17.8. The average molecular weight is 427 g/mol. The molecular weight excluding hydrogens is 407 g/mol. The molecule has 2 N–H and O–H groups in total. The van der Waals surface area contributed by atoms with Gasteiger partial charge < -0.3 is 5.73 Å². The molecule has 0 aromatic heterocycles. The van der Waals surface area contributed by atoms with Crippen LogP contribution in [0, 0.1) is 0 Å². The van der Waals surface area contributed by atoms with Crippen molar-refractivity contribution >= 4 is 15.9 Å². The van der Waals surface area contributed by atoms with Crippen molar-refractivity contribution in [3.63, 3.8) is 0 Å². The zero-order valence-corrected chi connectivity index (χ0v) is 16.2. The smallest absolute Gasteiger partial charge is 0.368 e. The number of sulfonamides is 1. The number of alkyl halides is 3. The van der Waals surface area contributed by atoms with E-state index in [2.05, 4.69) is 0 Å². The Bertz CT molecular complexity index is 973. The summed E-state index contributed by atoms with van der Waals surface area (Å²) in [4.78, 5) is 13.3. The van der Waals surface area contributed by atoms with Crippen molar-refractivity contribution in [2.24, 2.45) is 5.73 Å². The number of hydrogen-bond donors (Lipinski definition) is 1. The number of hydrogen-bond acceptors (Lipinski definition) is 4. The Morgan fingerprint density at radius 3 is 2.14 bits per heavy atom. The summed E-state index contributed by atoms with van der Waals surface area (Å²) in [7, 11) is -4.09. The number of nitrogens with two attached hydrogens (primary N) is 1. The minimum Gasteiger partial charge on any atom is -0.368 e. The van der Waals surface area contributed by atoms with E-state index in [1.807, 2.05) is 0 Å². The molecule has 0 radical (unpaired) electrons. The molecule has 0 aliphatic carbocycles. The van der Waals surface area contributed by atoms with Crippen LogP contribution >= 0.6 is 0 Å². The number of carbonyl (C=O) groups is 1. The Morgan fingerprint density at radius 1 is 0.966 bits per heavy atom. The quantitative estimate of drug-likeness (QED) is 0.793. The van der Waals surface area contributed by atoms with Gasteiger partial charge in [0, 0.05) is 26.2 Å². The summed E-state index contributed by atoms with van der Waals surface area (Å²) in [6.07, 6.45) is -4.63. The molecule has 0 bridgehead atoms. The Hall–Kier alpha value is -2.43. The number of halogens is 3. The van der Waals surface area contributed by atoms with Crippen molar-refractivity contribution < 1.29 is 26.4 Å². The van der Waals surface area contributed by atoms with Crippen molar-refractivity contribution in [1.29, 1.82) is 0 Å². The first kappa shape index (κ1) is 21.3. The van der Waals surface area contributed by atoms with Crippen LogP contribution in [0.2, 0.25) is 0 Å². The second kappa shape index (κ2) is 8.13. The minimum absolute atomic E-state index is 0.0369. The summed E-state index contributed by atoms with van der Waals surface area (Å²) >= 11 is 0. The standard InChI is InChI=1S/C19H20F3N3O3S/c20-19(21,22)15-7-4-8-16(13-15)29(27,28)25-11-9-24(10-12-25)17(18(23)26)14-5-2-1-3-6-14/h1-8,13,17H,9-12H2,(H2,23,26). The van der Waals surface area contributed by atoms with Gasteiger partial charge in [-0.05, 0) is 23.8 Å². The van der Waals surface area contributed by atoms with Crippen molar-refractivity contribution in [1.82, 2.24) is 9.21 Å². The molecule has 1 amide bonds. The maximum Gasteiger partial charge on any atom is 0.416 e. The third-order valence-electron chi connectivity index (χ3n) is 4.82. The number of amides is 1. The van der Waals surface area contributed by atoms with Crippen LogP contribution in [-0.2, 0) is 21.0 Å². The first-order valence-corrected chi connectivity index (χ1v) is 10.3. The number of nitrogens with zero attached hydrogens (tertiary/aromatic N) is 2. The van der Waals surface area contributed by atoms with Crippen LogP contribution in [0.3, 0.4) is 0 Å². The van der Waals surface area contributed by atoms with E-state index < -0.39 is 38.6 Å². The molecule has 1 saturated heterocycles. The summed E-state index contributed by atoms with van der Waals surface area (Å²) in [6, 6.07) is 11.9. The Labute approximate surface area is 166 Å². The van der Waals surface area contributed by atoms with Crippen molar-refractivity contribution in [2.75, 3.05) is 26.2 Å². The number of piperazine rings is 1. The van der Waals surface area contributed by atoms with Crippen LogP contribution in [0.4, 0.5) is 13.2 Å². The van der Waals surface area contributed by atoms with Gasteiger partial charge in [0.05, 0.1) is 10.5 Å². The van der Waals surface area contributed by atoms with Gasteiger partial charge >= 0.3 is 6.18 Å². The predicted molar refractivity (Wildman–Crippen MR) is 100 cm³/mol. The number of primary amides is 1. The van der Waals surface area contributed by atoms with Gasteiger partial charge in [0.25, 0.3) is 0 Å². The van der Waals surface area contributed by atoms with Crippen LogP contribution in [0.15, 0.2) is 59.5 Å². The molecule has 156 valence electrons. The minimum atomic E-state index is -4.63. The molecule has 3 rings (SSSR count). The molecule has 2 aromatic carbocycles. The lowest BCUT2D eigenvalue weighted by molar-refractivity contribution is -0.137. The highest BCUT2D eigenvalue weighted by atomic mass is 32.2. The zero-order chi connectivity index (χ0) is 21.2. The van der Waals surface area contributed by atoms with Crippen molar-refractivity contribution in [3.05, 3.63) is 65.7 Å². The van der Waals surface area contributed by atoms with E-state index >= 15 is 0 Å². The zero-order valence-electron chi connectivity index (χ0n) is 15.3. The van der Waals surface area contributed by atoms with Crippen LogP contribution in [-0.4, -0.2) is 49.7 Å². The molecule has 2 aromatic rings. The van der Waals surface area contributed by atoms with Crippen LogP contribution in [0.1, 0.15) is 17.2 Å². The van der Waals surface area contributed by atoms with E-state index in [1.165, 1.54) is 0 Å². The first-order valence-electron chi connectivity index (χ1n) is 8.86. The second-order valence-corrected chi connectivity index (χ2v) is 8.62. The van der Waals surface area contributed by atoms with E-state index in [9.17, 15) is 26.4 Å². The van der Waals surface area contributed by atoms with E-state index in [1.54, 1.807) is 35.2 Å². The van der Waals surface area contributed by atoms with Crippen LogP contribution in [0.5, 0.6) is 0 Å². The van der Waals surface area contributed by atoms with E-state index in [4.69, 9.17) is 5.73 Å². The van der Waals surface area contributed by atoms with Gasteiger partial charge in [0.2, 0.25) is 15.9 Å². The second-order valence-electron chi connectivity index (χ2n) is 6.68. The number of rotatable bonds is 5. The maximum absolute atomic E-state index is 12.9. The fourth-order valence-corrected chi connectivity index (χ4v) is 4.84. The predicted octanol–water partition coefficient (Wildman–Crippen LogP) is 2.24. The monoisotopic (exact) mass is 427 g/mol. The lowest BCUT2D eigenvalue weighted by atomic mass is 10.0. The van der Waals surface area contributed by atoms with Crippen molar-refractivity contribution in [3.8, 4) is 0 Å². The Balaban J connectivity index is 1.77. The highest BCUT2D eigenvalue weighted by molar-refractivity contribution is 7.89. The van der Waals surface area contributed by atoms with Crippen LogP contribution < -0.4 is 5.73 Å². The fourth-order valence-electron chi connectivity index (χ4n) is 3.37. The van der Waals surface area contributed by atoms with E-state index in [0.29, 0.717) is 11.6 Å². The van der Waals surface area contributed by atoms with Gasteiger partial charge in [-0.1, -0.05) is 36.4 Å². The van der Waals surface area contributed by atoms with Gasteiger partial charge in [-0.15, -0.1) is 0 Å². The number of benzene rings is 2. The molecule has 1 fully saturated rings. The molecule has 0 spiro atoms. The lowest BCUT2D eigenvalue weighted by Crippen LogP contribution is -2.51. The molecule has 1 unspecified atom stereocenters. The average Bonchev–Trinajstić information content (AvgIpc) is 2.68. The third kappa shape index (κ3) is 4.60.